The zero-order chi connectivity index (χ0) is 9.68. The van der Waals surface area contributed by atoms with Gasteiger partial charge in [-0.3, -0.25) is 0 Å². The van der Waals surface area contributed by atoms with Gasteiger partial charge in [0.25, 0.3) is 0 Å². The van der Waals surface area contributed by atoms with Gasteiger partial charge in [-0.25, -0.2) is 0 Å². The number of unbranched alkanes of at least 4 members (excludes halogenated alkanes) is 2. The zero-order valence-corrected chi connectivity index (χ0v) is 9.68. The Hall–Kier alpha value is 0. The van der Waals surface area contributed by atoms with Gasteiger partial charge in [-0.2, -0.15) is 0 Å². The van der Waals surface area contributed by atoms with Crippen LogP contribution in [0, 0.1) is 17.8 Å². The molecule has 0 radical (unpaired) electrons. The van der Waals surface area contributed by atoms with E-state index in [9.17, 15) is 0 Å². The molecule has 78 valence electrons. The summed E-state index contributed by atoms with van der Waals surface area (Å²) in [5.41, 5.74) is 0. The lowest BCUT2D eigenvalue weighted by molar-refractivity contribution is 0.355. The topological polar surface area (TPSA) is 0 Å². The Morgan fingerprint density at radius 2 is 1.85 bits per heavy atom. The summed E-state index contributed by atoms with van der Waals surface area (Å²) in [6, 6.07) is 0. The summed E-state index contributed by atoms with van der Waals surface area (Å²) in [6.45, 7) is 7.18. The Kier molecular flexibility index (Phi) is 4.83. The van der Waals surface area contributed by atoms with E-state index < -0.39 is 0 Å². The summed E-state index contributed by atoms with van der Waals surface area (Å²) in [6.07, 6.45) is 10.2. The molecule has 1 saturated carbocycles. The molecule has 0 aromatic carbocycles. The van der Waals surface area contributed by atoms with Crippen molar-refractivity contribution in [1.82, 2.24) is 0 Å². The van der Waals surface area contributed by atoms with E-state index >= 15 is 0 Å². The third kappa shape index (κ3) is 4.69. The first-order valence-corrected chi connectivity index (χ1v) is 6.24. The molecule has 0 aromatic heterocycles. The number of rotatable bonds is 7. The van der Waals surface area contributed by atoms with Crippen LogP contribution >= 0.6 is 0 Å². The Morgan fingerprint density at radius 3 is 2.38 bits per heavy atom. The van der Waals surface area contributed by atoms with Crippen molar-refractivity contribution in [2.75, 3.05) is 0 Å². The van der Waals surface area contributed by atoms with Crippen LogP contribution in [0.25, 0.3) is 0 Å². The molecular formula is C13H26. The van der Waals surface area contributed by atoms with Crippen LogP contribution in [-0.4, -0.2) is 0 Å². The van der Waals surface area contributed by atoms with Crippen molar-refractivity contribution in [2.45, 2.75) is 65.7 Å². The molecule has 0 aromatic rings. The van der Waals surface area contributed by atoms with E-state index in [1.165, 1.54) is 44.9 Å². The van der Waals surface area contributed by atoms with E-state index in [2.05, 4.69) is 20.8 Å². The lowest BCUT2D eigenvalue weighted by Gasteiger charge is -2.16. The average molecular weight is 182 g/mol. The van der Waals surface area contributed by atoms with E-state index in [1.807, 2.05) is 0 Å². The molecule has 0 heterocycles. The highest BCUT2D eigenvalue weighted by molar-refractivity contribution is 4.79. The quantitative estimate of drug-likeness (QED) is 0.503. The molecule has 0 heteroatoms. The van der Waals surface area contributed by atoms with Crippen LogP contribution < -0.4 is 0 Å². The third-order valence-electron chi connectivity index (χ3n) is 3.50. The van der Waals surface area contributed by atoms with Gasteiger partial charge in [-0.05, 0) is 37.0 Å². The summed E-state index contributed by atoms with van der Waals surface area (Å²) >= 11 is 0. The highest BCUT2D eigenvalue weighted by atomic mass is 14.3. The lowest BCUT2D eigenvalue weighted by Crippen LogP contribution is -2.04. The van der Waals surface area contributed by atoms with E-state index in [0.717, 1.165) is 17.8 Å². The van der Waals surface area contributed by atoms with Gasteiger partial charge in [0, 0.05) is 0 Å². The molecule has 1 fully saturated rings. The molecule has 0 amide bonds. The van der Waals surface area contributed by atoms with Crippen LogP contribution in [0.5, 0.6) is 0 Å². The number of hydrogen-bond acceptors (Lipinski definition) is 0. The fourth-order valence-corrected chi connectivity index (χ4v) is 2.35. The predicted molar refractivity (Wildman–Crippen MR) is 59.8 cm³/mol. The molecule has 0 saturated heterocycles. The first-order valence-electron chi connectivity index (χ1n) is 6.24. The highest BCUT2D eigenvalue weighted by Crippen LogP contribution is 2.39. The van der Waals surface area contributed by atoms with E-state index in [-0.39, 0.29) is 0 Å². The van der Waals surface area contributed by atoms with Crippen molar-refractivity contribution in [2.24, 2.45) is 17.8 Å². The van der Waals surface area contributed by atoms with Gasteiger partial charge < -0.3 is 0 Å². The highest BCUT2D eigenvalue weighted by Gasteiger charge is 2.28. The van der Waals surface area contributed by atoms with Gasteiger partial charge in [0.1, 0.15) is 0 Å². The van der Waals surface area contributed by atoms with Crippen molar-refractivity contribution < 1.29 is 0 Å². The molecule has 0 bridgehead atoms. The predicted octanol–water partition coefficient (Wildman–Crippen LogP) is 4.64. The summed E-state index contributed by atoms with van der Waals surface area (Å²) in [4.78, 5) is 0. The standard InChI is InChI=1S/C13H26/c1-4-5-6-7-11(2)10-12(3)13-8-9-13/h11-13H,4-10H2,1-3H3. The Balaban J connectivity index is 1.98. The zero-order valence-electron chi connectivity index (χ0n) is 9.68. The summed E-state index contributed by atoms with van der Waals surface area (Å²) in [5.74, 6) is 3.09. The van der Waals surface area contributed by atoms with Crippen molar-refractivity contribution in [3.05, 3.63) is 0 Å². The summed E-state index contributed by atoms with van der Waals surface area (Å²) in [5, 5.41) is 0. The Bertz CT molecular complexity index is 124. The maximum absolute atomic E-state index is 2.45. The molecule has 0 N–H and O–H groups in total. The molecule has 13 heavy (non-hydrogen) atoms. The maximum atomic E-state index is 2.45. The minimum atomic E-state index is 0.974. The van der Waals surface area contributed by atoms with Gasteiger partial charge in [0.15, 0.2) is 0 Å². The van der Waals surface area contributed by atoms with E-state index in [4.69, 9.17) is 0 Å². The van der Waals surface area contributed by atoms with Gasteiger partial charge in [0.05, 0.1) is 0 Å². The van der Waals surface area contributed by atoms with Crippen LogP contribution in [0.15, 0.2) is 0 Å². The minimum absolute atomic E-state index is 0.974. The monoisotopic (exact) mass is 182 g/mol. The first kappa shape index (κ1) is 11.1. The van der Waals surface area contributed by atoms with Gasteiger partial charge >= 0.3 is 0 Å². The largest absolute Gasteiger partial charge is 0.0654 e. The normalized spacial score (nSPS) is 21.5. The van der Waals surface area contributed by atoms with Crippen LogP contribution in [0.4, 0.5) is 0 Å². The minimum Gasteiger partial charge on any atom is -0.0654 e. The molecule has 0 nitrogen and oxygen atoms in total. The van der Waals surface area contributed by atoms with Crippen molar-refractivity contribution in [3.8, 4) is 0 Å². The van der Waals surface area contributed by atoms with Gasteiger partial charge in [-0.15, -0.1) is 0 Å². The van der Waals surface area contributed by atoms with Gasteiger partial charge in [-0.1, -0.05) is 46.5 Å². The smallest absolute Gasteiger partial charge is 0.0388 e. The molecule has 1 aliphatic rings. The molecule has 0 spiro atoms. The molecular weight excluding hydrogens is 156 g/mol. The second-order valence-electron chi connectivity index (χ2n) is 5.15. The van der Waals surface area contributed by atoms with Crippen LogP contribution in [0.2, 0.25) is 0 Å². The number of hydrogen-bond donors (Lipinski definition) is 0. The van der Waals surface area contributed by atoms with E-state index in [0.29, 0.717) is 0 Å². The van der Waals surface area contributed by atoms with Crippen LogP contribution in [0.1, 0.15) is 65.7 Å². The Labute approximate surface area is 84.1 Å². The average Bonchev–Trinajstić information content (AvgIpc) is 2.86. The second kappa shape index (κ2) is 5.67. The fraction of sp³-hybridized carbons (Fsp3) is 1.00. The van der Waals surface area contributed by atoms with Crippen LogP contribution in [0.3, 0.4) is 0 Å². The molecule has 1 rings (SSSR count). The summed E-state index contributed by atoms with van der Waals surface area (Å²) in [7, 11) is 0. The van der Waals surface area contributed by atoms with Gasteiger partial charge in [0.2, 0.25) is 0 Å². The van der Waals surface area contributed by atoms with Crippen LogP contribution in [-0.2, 0) is 0 Å². The van der Waals surface area contributed by atoms with E-state index in [1.54, 1.807) is 0 Å². The summed E-state index contributed by atoms with van der Waals surface area (Å²) < 4.78 is 0. The van der Waals surface area contributed by atoms with Crippen molar-refractivity contribution in [1.29, 1.82) is 0 Å². The fourth-order valence-electron chi connectivity index (χ4n) is 2.35. The first-order chi connectivity index (χ1) is 6.24. The Morgan fingerprint density at radius 1 is 1.15 bits per heavy atom. The second-order valence-corrected chi connectivity index (χ2v) is 5.15. The third-order valence-corrected chi connectivity index (χ3v) is 3.50. The molecule has 1 aliphatic carbocycles. The van der Waals surface area contributed by atoms with Crippen molar-refractivity contribution >= 4 is 0 Å². The van der Waals surface area contributed by atoms with Crippen molar-refractivity contribution in [3.63, 3.8) is 0 Å². The maximum Gasteiger partial charge on any atom is -0.0388 e. The molecule has 2 atom stereocenters. The SMILES string of the molecule is CCCCCC(C)CC(C)C1CC1. The lowest BCUT2D eigenvalue weighted by atomic mass is 9.90. The molecule has 0 aliphatic heterocycles. The molecule has 2 unspecified atom stereocenters.